The summed E-state index contributed by atoms with van der Waals surface area (Å²) in [5, 5.41) is 5.90. The standard InChI is InChI=1S/C16H22ClN3O2/c1-10-6-11(2)9-20(8-10)16(22)19-13-4-5-15(14(17)7-13)18-12(3)21/h4-5,7,10-11H,6,8-9H2,1-3H3,(H,18,21)(H,19,22)/t10-,11+. The number of carbonyl (C=O) groups excluding carboxylic acids is 2. The number of benzene rings is 1. The zero-order chi connectivity index (χ0) is 16.3. The Labute approximate surface area is 136 Å². The summed E-state index contributed by atoms with van der Waals surface area (Å²) in [4.78, 5) is 25.2. The van der Waals surface area contributed by atoms with Crippen molar-refractivity contribution in [3.8, 4) is 0 Å². The average Bonchev–Trinajstić information content (AvgIpc) is 2.40. The zero-order valence-electron chi connectivity index (χ0n) is 13.1. The monoisotopic (exact) mass is 323 g/mol. The Morgan fingerprint density at radius 3 is 2.36 bits per heavy atom. The lowest BCUT2D eigenvalue weighted by molar-refractivity contribution is -0.114. The molecule has 1 saturated heterocycles. The van der Waals surface area contributed by atoms with Crippen molar-refractivity contribution in [2.24, 2.45) is 11.8 Å². The number of hydrogen-bond acceptors (Lipinski definition) is 2. The molecule has 0 aromatic heterocycles. The lowest BCUT2D eigenvalue weighted by Gasteiger charge is -2.34. The predicted molar refractivity (Wildman–Crippen MR) is 89.3 cm³/mol. The van der Waals surface area contributed by atoms with Crippen LogP contribution in [0.4, 0.5) is 16.2 Å². The Morgan fingerprint density at radius 2 is 1.82 bits per heavy atom. The second-order valence-electron chi connectivity index (χ2n) is 6.16. The second-order valence-corrected chi connectivity index (χ2v) is 6.56. The molecule has 6 heteroatoms. The third-order valence-electron chi connectivity index (χ3n) is 3.69. The fourth-order valence-electron chi connectivity index (χ4n) is 2.92. The molecule has 3 amide bonds. The molecule has 1 aliphatic heterocycles. The molecule has 0 spiro atoms. The number of urea groups is 1. The summed E-state index contributed by atoms with van der Waals surface area (Å²) in [6.45, 7) is 7.29. The van der Waals surface area contributed by atoms with Gasteiger partial charge in [0.15, 0.2) is 0 Å². The minimum Gasteiger partial charge on any atom is -0.325 e. The van der Waals surface area contributed by atoms with Crippen LogP contribution < -0.4 is 10.6 Å². The summed E-state index contributed by atoms with van der Waals surface area (Å²) in [6, 6.07) is 4.94. The molecule has 5 nitrogen and oxygen atoms in total. The fraction of sp³-hybridized carbons (Fsp3) is 0.500. The van der Waals surface area contributed by atoms with Crippen LogP contribution in [0.25, 0.3) is 0 Å². The van der Waals surface area contributed by atoms with E-state index in [4.69, 9.17) is 11.6 Å². The van der Waals surface area contributed by atoms with E-state index >= 15 is 0 Å². The van der Waals surface area contributed by atoms with Gasteiger partial charge in [0.1, 0.15) is 0 Å². The summed E-state index contributed by atoms with van der Waals surface area (Å²) in [6.07, 6.45) is 1.15. The first-order chi connectivity index (χ1) is 10.3. The first kappa shape index (κ1) is 16.6. The summed E-state index contributed by atoms with van der Waals surface area (Å²) < 4.78 is 0. The van der Waals surface area contributed by atoms with Gasteiger partial charge in [-0.3, -0.25) is 4.79 Å². The van der Waals surface area contributed by atoms with Crippen LogP contribution in [0.3, 0.4) is 0 Å². The van der Waals surface area contributed by atoms with Crippen molar-refractivity contribution in [1.82, 2.24) is 4.90 Å². The van der Waals surface area contributed by atoms with Gasteiger partial charge in [-0.05, 0) is 36.5 Å². The summed E-state index contributed by atoms with van der Waals surface area (Å²) >= 11 is 6.11. The van der Waals surface area contributed by atoms with E-state index in [1.54, 1.807) is 18.2 Å². The molecule has 0 radical (unpaired) electrons. The molecule has 0 unspecified atom stereocenters. The number of anilines is 2. The number of nitrogens with zero attached hydrogens (tertiary/aromatic N) is 1. The van der Waals surface area contributed by atoms with E-state index in [1.807, 2.05) is 4.90 Å². The molecule has 1 heterocycles. The molecule has 0 bridgehead atoms. The Kier molecular flexibility index (Phi) is 5.29. The molecule has 22 heavy (non-hydrogen) atoms. The number of nitrogens with one attached hydrogen (secondary N) is 2. The molecule has 1 aromatic carbocycles. The maximum absolute atomic E-state index is 12.3. The highest BCUT2D eigenvalue weighted by atomic mass is 35.5. The third kappa shape index (κ3) is 4.37. The van der Waals surface area contributed by atoms with Crippen molar-refractivity contribution in [2.75, 3.05) is 23.7 Å². The maximum atomic E-state index is 12.3. The summed E-state index contributed by atoms with van der Waals surface area (Å²) in [7, 11) is 0. The van der Waals surface area contributed by atoms with Crippen molar-refractivity contribution < 1.29 is 9.59 Å². The van der Waals surface area contributed by atoms with E-state index in [9.17, 15) is 9.59 Å². The van der Waals surface area contributed by atoms with E-state index in [2.05, 4.69) is 24.5 Å². The molecular weight excluding hydrogens is 302 g/mol. The molecule has 2 atom stereocenters. The van der Waals surface area contributed by atoms with E-state index in [0.29, 0.717) is 28.2 Å². The maximum Gasteiger partial charge on any atom is 0.321 e. The molecule has 1 aliphatic rings. The largest absolute Gasteiger partial charge is 0.325 e. The highest BCUT2D eigenvalue weighted by Crippen LogP contribution is 2.26. The van der Waals surface area contributed by atoms with Crippen LogP contribution in [0.2, 0.25) is 5.02 Å². The van der Waals surface area contributed by atoms with Gasteiger partial charge >= 0.3 is 6.03 Å². The van der Waals surface area contributed by atoms with Gasteiger partial charge < -0.3 is 15.5 Å². The van der Waals surface area contributed by atoms with E-state index in [-0.39, 0.29) is 11.9 Å². The van der Waals surface area contributed by atoms with Crippen LogP contribution in [-0.4, -0.2) is 29.9 Å². The highest BCUT2D eigenvalue weighted by molar-refractivity contribution is 6.34. The molecule has 0 saturated carbocycles. The van der Waals surface area contributed by atoms with Crippen LogP contribution in [0.1, 0.15) is 27.2 Å². The minimum atomic E-state index is -0.185. The lowest BCUT2D eigenvalue weighted by atomic mass is 9.92. The predicted octanol–water partition coefficient (Wildman–Crippen LogP) is 3.81. The normalized spacial score (nSPS) is 21.4. The fourth-order valence-corrected chi connectivity index (χ4v) is 3.14. The molecule has 120 valence electrons. The number of amides is 3. The smallest absolute Gasteiger partial charge is 0.321 e. The van der Waals surface area contributed by atoms with Gasteiger partial charge in [0, 0.05) is 25.7 Å². The van der Waals surface area contributed by atoms with Gasteiger partial charge in [0.2, 0.25) is 5.91 Å². The van der Waals surface area contributed by atoms with Gasteiger partial charge in [-0.25, -0.2) is 4.79 Å². The van der Waals surface area contributed by atoms with Crippen LogP contribution in [0.15, 0.2) is 18.2 Å². The lowest BCUT2D eigenvalue weighted by Crippen LogP contribution is -2.44. The van der Waals surface area contributed by atoms with Gasteiger partial charge in [-0.1, -0.05) is 25.4 Å². The van der Waals surface area contributed by atoms with Crippen LogP contribution in [0.5, 0.6) is 0 Å². The van der Waals surface area contributed by atoms with Gasteiger partial charge in [-0.2, -0.15) is 0 Å². The molecule has 0 aliphatic carbocycles. The van der Waals surface area contributed by atoms with Crippen LogP contribution in [-0.2, 0) is 4.79 Å². The van der Waals surface area contributed by atoms with Gasteiger partial charge in [-0.15, -0.1) is 0 Å². The van der Waals surface area contributed by atoms with Crippen molar-refractivity contribution in [3.05, 3.63) is 23.2 Å². The Bertz CT molecular complexity index is 567. The van der Waals surface area contributed by atoms with E-state index in [1.165, 1.54) is 6.92 Å². The van der Waals surface area contributed by atoms with Gasteiger partial charge in [0.25, 0.3) is 0 Å². The quantitative estimate of drug-likeness (QED) is 0.869. The average molecular weight is 324 g/mol. The molecular formula is C16H22ClN3O2. The molecule has 2 rings (SSSR count). The minimum absolute atomic E-state index is 0.109. The number of likely N-dealkylation sites (tertiary alicyclic amines) is 1. The second kappa shape index (κ2) is 7.01. The highest BCUT2D eigenvalue weighted by Gasteiger charge is 2.25. The SMILES string of the molecule is CC(=O)Nc1ccc(NC(=O)N2C[C@H](C)C[C@H](C)C2)cc1Cl. The van der Waals surface area contributed by atoms with Crippen LogP contribution in [0, 0.1) is 11.8 Å². The first-order valence-corrected chi connectivity index (χ1v) is 7.86. The Balaban J connectivity index is 2.02. The molecule has 1 aromatic rings. The van der Waals surface area contributed by atoms with Crippen molar-refractivity contribution in [1.29, 1.82) is 0 Å². The Morgan fingerprint density at radius 1 is 1.18 bits per heavy atom. The van der Waals surface area contributed by atoms with Gasteiger partial charge in [0.05, 0.1) is 10.7 Å². The van der Waals surface area contributed by atoms with E-state index in [0.717, 1.165) is 19.5 Å². The zero-order valence-corrected chi connectivity index (χ0v) is 13.9. The molecule has 2 N–H and O–H groups in total. The number of carbonyl (C=O) groups is 2. The van der Waals surface area contributed by atoms with Crippen LogP contribution >= 0.6 is 11.6 Å². The topological polar surface area (TPSA) is 61.4 Å². The number of rotatable bonds is 2. The molecule has 1 fully saturated rings. The summed E-state index contributed by atoms with van der Waals surface area (Å²) in [5.74, 6) is 0.843. The van der Waals surface area contributed by atoms with Crippen molar-refractivity contribution >= 4 is 34.9 Å². The number of halogens is 1. The van der Waals surface area contributed by atoms with Crippen molar-refractivity contribution in [3.63, 3.8) is 0 Å². The Hall–Kier alpha value is -1.75. The third-order valence-corrected chi connectivity index (χ3v) is 4.00. The summed E-state index contributed by atoms with van der Waals surface area (Å²) in [5.41, 5.74) is 1.15. The van der Waals surface area contributed by atoms with E-state index < -0.39 is 0 Å². The van der Waals surface area contributed by atoms with Crippen molar-refractivity contribution in [2.45, 2.75) is 27.2 Å². The number of piperidine rings is 1. The first-order valence-electron chi connectivity index (χ1n) is 7.48. The number of hydrogen-bond donors (Lipinski definition) is 2.